The Bertz CT molecular complexity index is 1050. The molecule has 2 aromatic rings. The zero-order valence-electron chi connectivity index (χ0n) is 17.0. The Hall–Kier alpha value is -3.52. The van der Waals surface area contributed by atoms with Gasteiger partial charge >= 0.3 is 6.03 Å². The third-order valence-electron chi connectivity index (χ3n) is 4.54. The maximum Gasteiger partial charge on any atom is 0.335 e. The Morgan fingerprint density at radius 2 is 1.87 bits per heavy atom. The quantitative estimate of drug-likeness (QED) is 0.381. The van der Waals surface area contributed by atoms with Gasteiger partial charge in [0.15, 0.2) is 11.5 Å². The molecule has 162 valence electrons. The van der Waals surface area contributed by atoms with E-state index in [4.69, 9.17) is 21.1 Å². The lowest BCUT2D eigenvalue weighted by Gasteiger charge is -2.26. The van der Waals surface area contributed by atoms with Crippen LogP contribution in [0.1, 0.15) is 25.3 Å². The van der Waals surface area contributed by atoms with Crippen molar-refractivity contribution in [2.75, 3.05) is 18.6 Å². The molecular formula is C22H21ClN2O6. The van der Waals surface area contributed by atoms with E-state index in [0.717, 1.165) is 17.7 Å². The SMILES string of the molecule is CCCCOc1ccc(N2C(=O)NC(=O)/C(=C/c3cc(Cl)c(O)c(OC)c3)C2=O)cc1. The number of unbranched alkanes of at least 4 members (excludes halogenated alkanes) is 1. The molecule has 0 atom stereocenters. The topological polar surface area (TPSA) is 105 Å². The van der Waals surface area contributed by atoms with Crippen molar-refractivity contribution in [1.82, 2.24) is 5.32 Å². The highest BCUT2D eigenvalue weighted by atomic mass is 35.5. The lowest BCUT2D eigenvalue weighted by molar-refractivity contribution is -0.122. The molecule has 0 unspecified atom stereocenters. The molecule has 0 spiro atoms. The summed E-state index contributed by atoms with van der Waals surface area (Å²) in [5.41, 5.74) is 0.351. The van der Waals surface area contributed by atoms with Crippen LogP contribution in [-0.2, 0) is 9.59 Å². The first-order chi connectivity index (χ1) is 14.8. The number of imide groups is 2. The number of hydrogen-bond acceptors (Lipinski definition) is 6. The summed E-state index contributed by atoms with van der Waals surface area (Å²) in [5, 5.41) is 12.0. The molecular weight excluding hydrogens is 424 g/mol. The summed E-state index contributed by atoms with van der Waals surface area (Å²) in [7, 11) is 1.34. The number of rotatable bonds is 7. The highest BCUT2D eigenvalue weighted by molar-refractivity contribution is 6.39. The second-order valence-corrected chi connectivity index (χ2v) is 7.11. The number of carbonyl (C=O) groups excluding carboxylic acids is 3. The van der Waals surface area contributed by atoms with E-state index < -0.39 is 17.8 Å². The van der Waals surface area contributed by atoms with Gasteiger partial charge in [0, 0.05) is 0 Å². The van der Waals surface area contributed by atoms with Crippen LogP contribution in [0.4, 0.5) is 10.5 Å². The molecule has 0 bridgehead atoms. The van der Waals surface area contributed by atoms with Gasteiger partial charge in [-0.1, -0.05) is 24.9 Å². The average molecular weight is 445 g/mol. The molecule has 31 heavy (non-hydrogen) atoms. The van der Waals surface area contributed by atoms with Crippen LogP contribution in [0.3, 0.4) is 0 Å². The highest BCUT2D eigenvalue weighted by Crippen LogP contribution is 2.36. The maximum atomic E-state index is 13.0. The molecule has 8 nitrogen and oxygen atoms in total. The lowest BCUT2D eigenvalue weighted by atomic mass is 10.1. The van der Waals surface area contributed by atoms with Crippen molar-refractivity contribution >= 4 is 41.2 Å². The third-order valence-corrected chi connectivity index (χ3v) is 4.83. The summed E-state index contributed by atoms with van der Waals surface area (Å²) in [5.74, 6) is -1.20. The Balaban J connectivity index is 1.90. The van der Waals surface area contributed by atoms with Crippen LogP contribution in [0.25, 0.3) is 6.08 Å². The van der Waals surface area contributed by atoms with Gasteiger partial charge in [-0.05, 0) is 54.5 Å². The van der Waals surface area contributed by atoms with Crippen molar-refractivity contribution in [3.05, 3.63) is 52.6 Å². The number of phenols is 1. The first-order valence-electron chi connectivity index (χ1n) is 9.56. The van der Waals surface area contributed by atoms with Crippen LogP contribution in [0, 0.1) is 0 Å². The fourth-order valence-electron chi connectivity index (χ4n) is 2.92. The van der Waals surface area contributed by atoms with E-state index in [1.54, 1.807) is 24.3 Å². The summed E-state index contributed by atoms with van der Waals surface area (Å²) in [6.07, 6.45) is 3.19. The smallest absolute Gasteiger partial charge is 0.335 e. The normalized spacial score (nSPS) is 15.3. The highest BCUT2D eigenvalue weighted by Gasteiger charge is 2.36. The van der Waals surface area contributed by atoms with Gasteiger partial charge in [0.2, 0.25) is 0 Å². The molecule has 1 saturated heterocycles. The van der Waals surface area contributed by atoms with E-state index >= 15 is 0 Å². The van der Waals surface area contributed by atoms with Crippen LogP contribution >= 0.6 is 11.6 Å². The molecule has 0 saturated carbocycles. The minimum Gasteiger partial charge on any atom is -0.503 e. The van der Waals surface area contributed by atoms with Crippen LogP contribution in [0.5, 0.6) is 17.2 Å². The van der Waals surface area contributed by atoms with Crippen molar-refractivity contribution in [3.8, 4) is 17.2 Å². The number of carbonyl (C=O) groups is 3. The van der Waals surface area contributed by atoms with Crippen LogP contribution in [0.2, 0.25) is 5.02 Å². The summed E-state index contributed by atoms with van der Waals surface area (Å²) >= 11 is 5.98. The Kier molecular flexibility index (Phi) is 6.81. The van der Waals surface area contributed by atoms with E-state index in [-0.39, 0.29) is 27.8 Å². The van der Waals surface area contributed by atoms with Gasteiger partial charge in [-0.3, -0.25) is 14.9 Å². The molecule has 1 aliphatic heterocycles. The minimum atomic E-state index is -0.854. The van der Waals surface area contributed by atoms with E-state index in [9.17, 15) is 19.5 Å². The summed E-state index contributed by atoms with van der Waals surface area (Å²) in [6, 6.07) is 8.35. The number of benzene rings is 2. The molecule has 0 radical (unpaired) electrons. The van der Waals surface area contributed by atoms with Crippen molar-refractivity contribution in [1.29, 1.82) is 0 Å². The van der Waals surface area contributed by atoms with Gasteiger partial charge in [0.1, 0.15) is 11.3 Å². The monoisotopic (exact) mass is 444 g/mol. The van der Waals surface area contributed by atoms with E-state index in [1.165, 1.54) is 25.3 Å². The molecule has 2 N–H and O–H groups in total. The lowest BCUT2D eigenvalue weighted by Crippen LogP contribution is -2.54. The summed E-state index contributed by atoms with van der Waals surface area (Å²) in [4.78, 5) is 38.5. The number of aromatic hydroxyl groups is 1. The predicted octanol–water partition coefficient (Wildman–Crippen LogP) is 3.90. The van der Waals surface area contributed by atoms with Gasteiger partial charge < -0.3 is 14.6 Å². The van der Waals surface area contributed by atoms with Gasteiger partial charge in [0.25, 0.3) is 11.8 Å². The number of urea groups is 1. The number of halogens is 1. The molecule has 4 amide bonds. The van der Waals surface area contributed by atoms with E-state index in [0.29, 0.717) is 17.9 Å². The maximum absolute atomic E-state index is 13.0. The number of barbiturate groups is 1. The largest absolute Gasteiger partial charge is 0.503 e. The van der Waals surface area contributed by atoms with Crippen LogP contribution < -0.4 is 19.7 Å². The van der Waals surface area contributed by atoms with Gasteiger partial charge in [0.05, 0.1) is 24.4 Å². The Morgan fingerprint density at radius 1 is 1.16 bits per heavy atom. The van der Waals surface area contributed by atoms with Crippen molar-refractivity contribution in [2.45, 2.75) is 19.8 Å². The molecule has 2 aromatic carbocycles. The molecule has 0 aromatic heterocycles. The van der Waals surface area contributed by atoms with Crippen molar-refractivity contribution in [2.24, 2.45) is 0 Å². The van der Waals surface area contributed by atoms with Gasteiger partial charge in [-0.2, -0.15) is 0 Å². The van der Waals surface area contributed by atoms with Crippen molar-refractivity contribution < 1.29 is 29.0 Å². The molecule has 3 rings (SSSR count). The number of amides is 4. The van der Waals surface area contributed by atoms with Gasteiger partial charge in [-0.15, -0.1) is 0 Å². The number of phenolic OH excluding ortho intramolecular Hbond substituents is 1. The Morgan fingerprint density at radius 3 is 2.52 bits per heavy atom. The van der Waals surface area contributed by atoms with E-state index in [1.807, 2.05) is 0 Å². The molecule has 9 heteroatoms. The summed E-state index contributed by atoms with van der Waals surface area (Å²) < 4.78 is 10.6. The van der Waals surface area contributed by atoms with Crippen LogP contribution in [0.15, 0.2) is 42.0 Å². The van der Waals surface area contributed by atoms with Crippen molar-refractivity contribution in [3.63, 3.8) is 0 Å². The fraction of sp³-hybridized carbons (Fsp3) is 0.227. The first-order valence-corrected chi connectivity index (χ1v) is 9.94. The standard InChI is InChI=1S/C22H21ClN2O6/c1-3-4-9-31-15-7-5-14(6-8-15)25-21(28)16(20(27)24-22(25)29)10-13-11-17(23)19(26)18(12-13)30-2/h5-8,10-12,26H,3-4,9H2,1-2H3,(H,24,27,29)/b16-10-. The van der Waals surface area contributed by atoms with Crippen LogP contribution in [-0.4, -0.2) is 36.7 Å². The molecule has 1 heterocycles. The molecule has 1 aliphatic rings. The number of ether oxygens (including phenoxy) is 2. The third kappa shape index (κ3) is 4.80. The number of methoxy groups -OCH3 is 1. The van der Waals surface area contributed by atoms with Gasteiger partial charge in [-0.25, -0.2) is 9.69 Å². The predicted molar refractivity (Wildman–Crippen MR) is 116 cm³/mol. The molecule has 1 fully saturated rings. The second-order valence-electron chi connectivity index (χ2n) is 6.71. The average Bonchev–Trinajstić information content (AvgIpc) is 2.74. The zero-order chi connectivity index (χ0) is 22.5. The number of nitrogens with one attached hydrogen (secondary N) is 1. The van der Waals surface area contributed by atoms with E-state index in [2.05, 4.69) is 12.2 Å². The second kappa shape index (κ2) is 9.53. The number of hydrogen-bond donors (Lipinski definition) is 2. The minimum absolute atomic E-state index is 0.0125. The molecule has 0 aliphatic carbocycles. The number of nitrogens with zero attached hydrogens (tertiary/aromatic N) is 1. The fourth-order valence-corrected chi connectivity index (χ4v) is 3.14. The Labute approximate surface area is 184 Å². The summed E-state index contributed by atoms with van der Waals surface area (Å²) in [6.45, 7) is 2.63. The number of anilines is 1. The first kappa shape index (κ1) is 22.2. The zero-order valence-corrected chi connectivity index (χ0v) is 17.7.